The highest BCUT2D eigenvalue weighted by Gasteiger charge is 2.47. The topological polar surface area (TPSA) is 47.7 Å². The average Bonchev–Trinajstić information content (AvgIpc) is 2.63. The maximum Gasteiger partial charge on any atom is 0.128 e. The van der Waals surface area contributed by atoms with Crippen LogP contribution in [0.15, 0.2) is 18.2 Å². The Balaban J connectivity index is 1.94. The molecule has 104 valence electrons. The Labute approximate surface area is 114 Å². The molecule has 19 heavy (non-hydrogen) atoms. The Morgan fingerprint density at radius 3 is 2.84 bits per heavy atom. The van der Waals surface area contributed by atoms with Crippen LogP contribution >= 0.6 is 0 Å². The summed E-state index contributed by atoms with van der Waals surface area (Å²) in [5.41, 5.74) is 7.30. The molecule has 0 amide bonds. The van der Waals surface area contributed by atoms with Crippen LogP contribution in [0, 0.1) is 0 Å². The van der Waals surface area contributed by atoms with Crippen molar-refractivity contribution in [1.82, 2.24) is 4.90 Å². The average molecular weight is 262 g/mol. The summed E-state index contributed by atoms with van der Waals surface area (Å²) in [4.78, 5) is 2.35. The number of hydrogen-bond acceptors (Lipinski definition) is 4. The van der Waals surface area contributed by atoms with Crippen molar-refractivity contribution in [3.63, 3.8) is 0 Å². The van der Waals surface area contributed by atoms with Gasteiger partial charge >= 0.3 is 0 Å². The number of hydrogen-bond donors (Lipinski definition) is 1. The molecule has 4 heteroatoms. The van der Waals surface area contributed by atoms with E-state index in [2.05, 4.69) is 18.9 Å². The SMILES string of the molecule is COc1ccc2c(c1)OC1(CC(C)N(C)C1)C[C@@H]2N. The number of likely N-dealkylation sites (tertiary alicyclic amines) is 1. The van der Waals surface area contributed by atoms with Gasteiger partial charge in [0.25, 0.3) is 0 Å². The van der Waals surface area contributed by atoms with Crippen LogP contribution < -0.4 is 15.2 Å². The van der Waals surface area contributed by atoms with Gasteiger partial charge in [-0.3, -0.25) is 4.90 Å². The minimum absolute atomic E-state index is 0.0494. The number of benzene rings is 1. The van der Waals surface area contributed by atoms with Gasteiger partial charge in [0, 0.05) is 43.1 Å². The van der Waals surface area contributed by atoms with E-state index in [1.54, 1.807) is 7.11 Å². The molecule has 1 fully saturated rings. The molecule has 2 unspecified atom stereocenters. The van der Waals surface area contributed by atoms with Crippen molar-refractivity contribution in [3.05, 3.63) is 23.8 Å². The minimum Gasteiger partial charge on any atom is -0.497 e. The van der Waals surface area contributed by atoms with Gasteiger partial charge in [0.1, 0.15) is 17.1 Å². The van der Waals surface area contributed by atoms with Gasteiger partial charge in [-0.2, -0.15) is 0 Å². The highest BCUT2D eigenvalue weighted by atomic mass is 16.5. The first-order chi connectivity index (χ1) is 9.03. The highest BCUT2D eigenvalue weighted by Crippen LogP contribution is 2.45. The summed E-state index contributed by atoms with van der Waals surface area (Å²) in [6.07, 6.45) is 1.93. The molecule has 1 aromatic carbocycles. The maximum atomic E-state index is 6.34. The molecule has 0 aromatic heterocycles. The number of likely N-dealkylation sites (N-methyl/N-ethyl adjacent to an activating group) is 1. The van der Waals surface area contributed by atoms with E-state index >= 15 is 0 Å². The Kier molecular flexibility index (Phi) is 2.95. The zero-order valence-corrected chi connectivity index (χ0v) is 11.8. The second kappa shape index (κ2) is 4.39. The zero-order chi connectivity index (χ0) is 13.6. The minimum atomic E-state index is -0.132. The molecule has 0 radical (unpaired) electrons. The number of ether oxygens (including phenoxy) is 2. The van der Waals surface area contributed by atoms with Gasteiger partial charge < -0.3 is 15.2 Å². The Morgan fingerprint density at radius 2 is 2.21 bits per heavy atom. The van der Waals surface area contributed by atoms with E-state index in [-0.39, 0.29) is 11.6 Å². The van der Waals surface area contributed by atoms with Crippen molar-refractivity contribution in [3.8, 4) is 11.5 Å². The van der Waals surface area contributed by atoms with Crippen molar-refractivity contribution in [2.24, 2.45) is 5.73 Å². The van der Waals surface area contributed by atoms with E-state index in [4.69, 9.17) is 15.2 Å². The van der Waals surface area contributed by atoms with E-state index < -0.39 is 0 Å². The molecule has 0 bridgehead atoms. The largest absolute Gasteiger partial charge is 0.497 e. The van der Waals surface area contributed by atoms with Crippen molar-refractivity contribution in [2.45, 2.75) is 37.5 Å². The number of nitrogens with two attached hydrogens (primary N) is 1. The molecule has 0 saturated carbocycles. The van der Waals surface area contributed by atoms with Gasteiger partial charge in [-0.25, -0.2) is 0 Å². The number of fused-ring (bicyclic) bond motifs is 1. The summed E-state index contributed by atoms with van der Waals surface area (Å²) >= 11 is 0. The monoisotopic (exact) mass is 262 g/mol. The van der Waals surface area contributed by atoms with Crippen molar-refractivity contribution < 1.29 is 9.47 Å². The van der Waals surface area contributed by atoms with Crippen LogP contribution in [0.5, 0.6) is 11.5 Å². The first kappa shape index (κ1) is 12.8. The Hall–Kier alpha value is -1.26. The molecule has 1 spiro atoms. The molecule has 2 aliphatic heterocycles. The lowest BCUT2D eigenvalue weighted by molar-refractivity contribution is 0.0461. The molecule has 2 N–H and O–H groups in total. The molecule has 1 aromatic rings. The number of nitrogens with zero attached hydrogens (tertiary/aromatic N) is 1. The van der Waals surface area contributed by atoms with Gasteiger partial charge in [-0.05, 0) is 20.0 Å². The molecule has 3 rings (SSSR count). The van der Waals surface area contributed by atoms with E-state index in [9.17, 15) is 0 Å². The molecule has 1 saturated heterocycles. The van der Waals surface area contributed by atoms with E-state index in [1.165, 1.54) is 0 Å². The summed E-state index contributed by atoms with van der Waals surface area (Å²) in [5.74, 6) is 1.71. The molecule has 2 aliphatic rings. The summed E-state index contributed by atoms with van der Waals surface area (Å²) < 4.78 is 11.6. The molecule has 3 atom stereocenters. The summed E-state index contributed by atoms with van der Waals surface area (Å²) in [6.45, 7) is 3.18. The van der Waals surface area contributed by atoms with Crippen LogP contribution in [-0.2, 0) is 0 Å². The first-order valence-electron chi connectivity index (χ1n) is 6.86. The van der Waals surface area contributed by atoms with E-state index in [0.29, 0.717) is 6.04 Å². The lowest BCUT2D eigenvalue weighted by Gasteiger charge is -2.38. The fraction of sp³-hybridized carbons (Fsp3) is 0.600. The highest BCUT2D eigenvalue weighted by molar-refractivity contribution is 5.44. The maximum absolute atomic E-state index is 6.34. The first-order valence-corrected chi connectivity index (χ1v) is 6.86. The Bertz CT molecular complexity index is 479. The number of methoxy groups -OCH3 is 1. The summed E-state index contributed by atoms with van der Waals surface area (Å²) in [6, 6.07) is 6.52. The quantitative estimate of drug-likeness (QED) is 0.840. The second-order valence-electron chi connectivity index (χ2n) is 5.97. The van der Waals surface area contributed by atoms with Crippen LogP contribution in [0.1, 0.15) is 31.4 Å². The van der Waals surface area contributed by atoms with Crippen molar-refractivity contribution in [1.29, 1.82) is 0 Å². The molecule has 0 aliphatic carbocycles. The third-order valence-electron chi connectivity index (χ3n) is 4.50. The molecular formula is C15H22N2O2. The zero-order valence-electron chi connectivity index (χ0n) is 11.8. The van der Waals surface area contributed by atoms with Crippen LogP contribution in [0.3, 0.4) is 0 Å². The van der Waals surface area contributed by atoms with Crippen LogP contribution in [0.4, 0.5) is 0 Å². The summed E-state index contributed by atoms with van der Waals surface area (Å²) in [5, 5.41) is 0. The van der Waals surface area contributed by atoms with Gasteiger partial charge in [0.15, 0.2) is 0 Å². The fourth-order valence-electron chi connectivity index (χ4n) is 3.41. The Morgan fingerprint density at radius 1 is 1.42 bits per heavy atom. The molecular weight excluding hydrogens is 240 g/mol. The summed E-state index contributed by atoms with van der Waals surface area (Å²) in [7, 11) is 3.82. The van der Waals surface area contributed by atoms with E-state index in [0.717, 1.165) is 36.4 Å². The van der Waals surface area contributed by atoms with Crippen LogP contribution in [-0.4, -0.2) is 37.2 Å². The van der Waals surface area contributed by atoms with Gasteiger partial charge in [-0.1, -0.05) is 6.07 Å². The van der Waals surface area contributed by atoms with Gasteiger partial charge in [-0.15, -0.1) is 0 Å². The lowest BCUT2D eigenvalue weighted by Crippen LogP contribution is -2.44. The van der Waals surface area contributed by atoms with Crippen LogP contribution in [0.2, 0.25) is 0 Å². The van der Waals surface area contributed by atoms with Gasteiger partial charge in [0.05, 0.1) is 7.11 Å². The van der Waals surface area contributed by atoms with Gasteiger partial charge in [0.2, 0.25) is 0 Å². The van der Waals surface area contributed by atoms with Crippen molar-refractivity contribution >= 4 is 0 Å². The predicted octanol–water partition coefficient (Wildman–Crippen LogP) is 1.94. The predicted molar refractivity (Wildman–Crippen MR) is 74.6 cm³/mol. The molecule has 2 heterocycles. The fourth-order valence-corrected chi connectivity index (χ4v) is 3.41. The van der Waals surface area contributed by atoms with Crippen molar-refractivity contribution in [2.75, 3.05) is 20.7 Å². The number of rotatable bonds is 1. The molecule has 4 nitrogen and oxygen atoms in total. The van der Waals surface area contributed by atoms with E-state index in [1.807, 2.05) is 18.2 Å². The third kappa shape index (κ3) is 2.09. The smallest absolute Gasteiger partial charge is 0.128 e. The third-order valence-corrected chi connectivity index (χ3v) is 4.50. The standard InChI is InChI=1S/C15H22N2O2/c1-10-7-15(9-17(10)2)8-13(16)12-5-4-11(18-3)6-14(12)19-15/h4-6,10,13H,7-9,16H2,1-3H3/t10?,13-,15?/m0/s1. The lowest BCUT2D eigenvalue weighted by atomic mass is 9.86. The normalized spacial score (nSPS) is 34.1. The second-order valence-corrected chi connectivity index (χ2v) is 5.97. The van der Waals surface area contributed by atoms with Crippen LogP contribution in [0.25, 0.3) is 0 Å².